The fraction of sp³-hybridized carbons (Fsp3) is 0.214. The van der Waals surface area contributed by atoms with E-state index in [4.69, 9.17) is 0 Å². The Balaban J connectivity index is 1.25. The van der Waals surface area contributed by atoms with Gasteiger partial charge in [0.25, 0.3) is 11.5 Å². The number of amides is 1. The number of aromatic amines is 1. The molecule has 0 saturated carbocycles. The first-order valence-corrected chi connectivity index (χ1v) is 13.5. The zero-order valence-corrected chi connectivity index (χ0v) is 22.6. The monoisotopic (exact) mass is 559 g/mol. The van der Waals surface area contributed by atoms with E-state index in [1.807, 2.05) is 37.4 Å². The highest BCUT2D eigenvalue weighted by Gasteiger charge is 2.25. The molecule has 0 aliphatic carbocycles. The Bertz CT molecular complexity index is 1770. The summed E-state index contributed by atoms with van der Waals surface area (Å²) in [6.45, 7) is 3.55. The van der Waals surface area contributed by atoms with Crippen molar-refractivity contribution in [2.75, 3.05) is 23.7 Å². The molecule has 6 rings (SSSR count). The van der Waals surface area contributed by atoms with Crippen LogP contribution in [0.3, 0.4) is 0 Å². The number of aliphatic hydroxyl groups excluding tert-OH is 1. The second kappa shape index (κ2) is 10.3. The van der Waals surface area contributed by atoms with Crippen molar-refractivity contribution < 1.29 is 14.3 Å². The fourth-order valence-electron chi connectivity index (χ4n) is 4.77. The number of carbonyl (C=O) groups is 1. The number of carbonyl (C=O) groups excluding carboxylic acids is 1. The summed E-state index contributed by atoms with van der Waals surface area (Å²) in [4.78, 5) is 28.2. The largest absolute Gasteiger partial charge is 0.390 e. The average Bonchev–Trinajstić information content (AvgIpc) is 3.50. The molecular weight excluding hydrogens is 533 g/mol. The Morgan fingerprint density at radius 2 is 2.00 bits per heavy atom. The van der Waals surface area contributed by atoms with Gasteiger partial charge in [-0.2, -0.15) is 10.2 Å². The van der Waals surface area contributed by atoms with Crippen molar-refractivity contribution in [3.05, 3.63) is 86.9 Å². The molecule has 1 aliphatic rings. The van der Waals surface area contributed by atoms with Crippen molar-refractivity contribution in [3.8, 4) is 11.3 Å². The van der Waals surface area contributed by atoms with Crippen LogP contribution in [0.2, 0.25) is 0 Å². The first kappa shape index (κ1) is 25.9. The molecule has 2 aromatic carbocycles. The Labute approximate surface area is 232 Å². The molecule has 0 unspecified atom stereocenters. The van der Waals surface area contributed by atoms with E-state index < -0.39 is 17.3 Å². The summed E-state index contributed by atoms with van der Waals surface area (Å²) in [6, 6.07) is 15.7. The third-order valence-corrected chi connectivity index (χ3v) is 8.06. The smallest absolute Gasteiger partial charge is 0.287 e. The molecule has 12 heteroatoms. The normalized spacial score (nSPS) is 13.9. The maximum atomic E-state index is 14.9. The van der Waals surface area contributed by atoms with Crippen molar-refractivity contribution in [3.63, 3.8) is 0 Å². The summed E-state index contributed by atoms with van der Waals surface area (Å²) in [5.41, 5.74) is 2.15. The summed E-state index contributed by atoms with van der Waals surface area (Å²) in [5, 5.41) is 27.3. The summed E-state index contributed by atoms with van der Waals surface area (Å²) >= 11 is 1.34. The van der Waals surface area contributed by atoms with Crippen LogP contribution >= 0.6 is 11.3 Å². The number of hydrogen-bond donors (Lipinski definition) is 4. The van der Waals surface area contributed by atoms with Crippen LogP contribution in [0, 0.1) is 12.7 Å². The number of aryl methyl sites for hydroxylation is 1. The third kappa shape index (κ3) is 4.99. The third-order valence-electron chi connectivity index (χ3n) is 6.94. The minimum absolute atomic E-state index is 0.0490. The molecule has 4 heterocycles. The number of H-pyrrole nitrogens is 1. The first-order chi connectivity index (χ1) is 19.2. The second-order valence-electron chi connectivity index (χ2n) is 9.81. The van der Waals surface area contributed by atoms with E-state index in [1.54, 1.807) is 29.8 Å². The van der Waals surface area contributed by atoms with Gasteiger partial charge in [-0.05, 0) is 48.2 Å². The minimum atomic E-state index is -0.575. The molecule has 1 saturated heterocycles. The second-order valence-corrected chi connectivity index (χ2v) is 10.9. The van der Waals surface area contributed by atoms with Gasteiger partial charge in [0.15, 0.2) is 5.82 Å². The number of hydrogen-bond acceptors (Lipinski definition) is 8. The summed E-state index contributed by atoms with van der Waals surface area (Å²) in [5.74, 6) is -0.501. The number of aromatic nitrogens is 4. The lowest BCUT2D eigenvalue weighted by Gasteiger charge is -2.35. The van der Waals surface area contributed by atoms with Gasteiger partial charge in [-0.1, -0.05) is 18.2 Å². The van der Waals surface area contributed by atoms with Gasteiger partial charge >= 0.3 is 0 Å². The van der Waals surface area contributed by atoms with Crippen LogP contribution < -0.4 is 16.2 Å². The van der Waals surface area contributed by atoms with E-state index >= 15 is 0 Å². The lowest BCUT2D eigenvalue weighted by molar-refractivity contribution is -0.00413. The molecule has 5 aromatic rings. The van der Waals surface area contributed by atoms with Gasteiger partial charge in [0, 0.05) is 43.0 Å². The zero-order chi connectivity index (χ0) is 28.0. The number of benzene rings is 2. The topological polar surface area (TPSA) is 128 Å². The highest BCUT2D eigenvalue weighted by molar-refractivity contribution is 7.20. The summed E-state index contributed by atoms with van der Waals surface area (Å²) in [6.07, 6.45) is -0.292. The number of fused-ring (bicyclic) bond motifs is 1. The van der Waals surface area contributed by atoms with Crippen molar-refractivity contribution in [1.29, 1.82) is 0 Å². The molecule has 1 amide bonds. The van der Waals surface area contributed by atoms with Gasteiger partial charge in [-0.3, -0.25) is 19.2 Å². The minimum Gasteiger partial charge on any atom is -0.390 e. The van der Waals surface area contributed by atoms with Crippen LogP contribution in [0.15, 0.2) is 59.4 Å². The number of likely N-dealkylation sites (tertiary alicyclic amines) is 1. The maximum Gasteiger partial charge on any atom is 0.287 e. The molecular formula is C28H26FN7O3S. The van der Waals surface area contributed by atoms with Crippen molar-refractivity contribution in [2.45, 2.75) is 19.6 Å². The molecule has 40 heavy (non-hydrogen) atoms. The van der Waals surface area contributed by atoms with E-state index in [9.17, 15) is 19.1 Å². The van der Waals surface area contributed by atoms with Crippen LogP contribution in [0.5, 0.6) is 0 Å². The van der Waals surface area contributed by atoms with Gasteiger partial charge in [-0.25, -0.2) is 9.49 Å². The molecule has 0 spiro atoms. The average molecular weight is 560 g/mol. The lowest BCUT2D eigenvalue weighted by atomic mass is 10.0. The van der Waals surface area contributed by atoms with Crippen molar-refractivity contribution in [2.24, 2.45) is 7.05 Å². The van der Waals surface area contributed by atoms with Gasteiger partial charge < -0.3 is 15.7 Å². The number of anilines is 3. The number of thiophene rings is 1. The molecule has 10 nitrogen and oxygen atoms in total. The number of aliphatic hydroxyl groups is 1. The van der Waals surface area contributed by atoms with Gasteiger partial charge in [0.1, 0.15) is 11.5 Å². The molecule has 204 valence electrons. The van der Waals surface area contributed by atoms with E-state index in [1.165, 1.54) is 17.4 Å². The standard InChI is InChI=1S/C28H26FN7O3S/c1-15-19(7-8-20(29)26(15)31-28(39)24-9-16-5-3-4-6-23(16)40-24)21-11-22(27(38)33-32-21)30-25-10-17(35(2)34-25)12-36-13-18(37)14-36/h3-11,18,37H,12-14H2,1-2H3,(H,31,39)(H,33,38)(H,30,32,34). The van der Waals surface area contributed by atoms with Gasteiger partial charge in [0.05, 0.1) is 28.1 Å². The van der Waals surface area contributed by atoms with Crippen LogP contribution in [-0.4, -0.2) is 55.1 Å². The molecule has 4 N–H and O–H groups in total. The van der Waals surface area contributed by atoms with Gasteiger partial charge in [0.2, 0.25) is 0 Å². The SMILES string of the molecule is Cc1c(-c2cc(Nc3cc(CN4CC(O)C4)n(C)n3)c(=O)[nH]n2)ccc(F)c1NC(=O)c1cc2ccccc2s1. The van der Waals surface area contributed by atoms with E-state index in [0.29, 0.717) is 47.2 Å². The molecule has 0 bridgehead atoms. The van der Waals surface area contributed by atoms with E-state index in [0.717, 1.165) is 15.8 Å². The number of nitrogens with one attached hydrogen (secondary N) is 3. The maximum absolute atomic E-state index is 14.9. The molecule has 0 atom stereocenters. The van der Waals surface area contributed by atoms with Crippen LogP contribution in [0.4, 0.5) is 21.6 Å². The summed E-state index contributed by atoms with van der Waals surface area (Å²) < 4.78 is 17.6. The highest BCUT2D eigenvalue weighted by Crippen LogP contribution is 2.32. The molecule has 3 aromatic heterocycles. The predicted molar refractivity (Wildman–Crippen MR) is 153 cm³/mol. The summed E-state index contributed by atoms with van der Waals surface area (Å²) in [7, 11) is 1.81. The Morgan fingerprint density at radius 3 is 2.77 bits per heavy atom. The predicted octanol–water partition coefficient (Wildman–Crippen LogP) is 4.01. The zero-order valence-electron chi connectivity index (χ0n) is 21.7. The van der Waals surface area contributed by atoms with Crippen molar-refractivity contribution >= 4 is 44.5 Å². The number of halogens is 1. The molecule has 0 radical (unpaired) electrons. The molecule has 1 aliphatic heterocycles. The van der Waals surface area contributed by atoms with Crippen LogP contribution in [0.1, 0.15) is 20.9 Å². The highest BCUT2D eigenvalue weighted by atomic mass is 32.1. The Morgan fingerprint density at radius 1 is 1.20 bits per heavy atom. The van der Waals surface area contributed by atoms with Crippen LogP contribution in [-0.2, 0) is 13.6 Å². The Hall–Kier alpha value is -4.39. The fourth-order valence-corrected chi connectivity index (χ4v) is 5.73. The van der Waals surface area contributed by atoms with Crippen molar-refractivity contribution in [1.82, 2.24) is 24.9 Å². The van der Waals surface area contributed by atoms with E-state index in [-0.39, 0.29) is 17.5 Å². The number of nitrogens with zero attached hydrogens (tertiary/aromatic N) is 4. The quantitative estimate of drug-likeness (QED) is 0.237. The van der Waals surface area contributed by atoms with Crippen LogP contribution in [0.25, 0.3) is 21.3 Å². The number of β-amino-alcohol motifs (C(OH)–C–C–N with tert-alkyl or cyclic N) is 1. The number of rotatable bonds is 7. The van der Waals surface area contributed by atoms with Gasteiger partial charge in [-0.15, -0.1) is 11.3 Å². The molecule has 1 fully saturated rings. The Kier molecular flexibility index (Phi) is 6.66. The van der Waals surface area contributed by atoms with E-state index in [2.05, 4.69) is 30.8 Å². The first-order valence-electron chi connectivity index (χ1n) is 12.6. The lowest BCUT2D eigenvalue weighted by Crippen LogP contribution is -2.50.